The van der Waals surface area contributed by atoms with Crippen LogP contribution in [0.2, 0.25) is 0 Å². The van der Waals surface area contributed by atoms with E-state index in [2.05, 4.69) is 13.6 Å². The predicted molar refractivity (Wildman–Crippen MR) is 73.4 cm³/mol. The van der Waals surface area contributed by atoms with Gasteiger partial charge in [0, 0.05) is 0 Å². The molecular formula is C6H15Al2O15P3. The third-order valence-corrected chi connectivity index (χ3v) is 2.52. The number of phosphoric ester groups is 3. The van der Waals surface area contributed by atoms with E-state index < -0.39 is 63.1 Å². The summed E-state index contributed by atoms with van der Waals surface area (Å²) in [5.41, 5.74) is 0. The SMILES string of the molecule is O=P([O-])([O-])OCCO.O=P([O-])([O-])OCCO.O=P([O-])([O-])OCCO.[Al+3].[Al+3]. The van der Waals surface area contributed by atoms with Gasteiger partial charge >= 0.3 is 34.7 Å². The van der Waals surface area contributed by atoms with Crippen molar-refractivity contribution < 1.29 is 71.9 Å². The van der Waals surface area contributed by atoms with Crippen molar-refractivity contribution in [2.75, 3.05) is 39.6 Å². The number of rotatable bonds is 9. The second kappa shape index (κ2) is 21.0. The minimum absolute atomic E-state index is 0. The summed E-state index contributed by atoms with van der Waals surface area (Å²) in [5.74, 6) is 0. The van der Waals surface area contributed by atoms with Gasteiger partial charge in [-0.2, -0.15) is 0 Å². The maximum Gasteiger partial charge on any atom is 3.00 e. The minimum atomic E-state index is -4.84. The number of hydrogen-bond donors (Lipinski definition) is 3. The molecule has 0 bridgehead atoms. The molecule has 0 aliphatic carbocycles. The minimum Gasteiger partial charge on any atom is -0.790 e. The van der Waals surface area contributed by atoms with Crippen LogP contribution in [0.15, 0.2) is 0 Å². The van der Waals surface area contributed by atoms with E-state index in [4.69, 9.17) is 15.3 Å². The molecular weight excluding hydrogens is 459 g/mol. The van der Waals surface area contributed by atoms with Gasteiger partial charge in [-0.15, -0.1) is 0 Å². The number of aliphatic hydroxyl groups excluding tert-OH is 3. The van der Waals surface area contributed by atoms with Crippen molar-refractivity contribution in [3.05, 3.63) is 0 Å². The van der Waals surface area contributed by atoms with Gasteiger partial charge in [-0.3, -0.25) is 0 Å². The molecule has 0 fully saturated rings. The Morgan fingerprint density at radius 2 is 0.692 bits per heavy atom. The summed E-state index contributed by atoms with van der Waals surface area (Å²) >= 11 is 0. The fourth-order valence-electron chi connectivity index (χ4n) is 0.458. The monoisotopic (exact) mass is 474 g/mol. The molecule has 0 spiro atoms. The van der Waals surface area contributed by atoms with Crippen LogP contribution in [0.5, 0.6) is 0 Å². The van der Waals surface area contributed by atoms with Gasteiger partial charge in [-0.05, 0) is 0 Å². The zero-order chi connectivity index (χ0) is 19.9. The van der Waals surface area contributed by atoms with Crippen molar-refractivity contribution >= 4 is 58.2 Å². The zero-order valence-electron chi connectivity index (χ0n) is 13.0. The molecule has 0 aliphatic rings. The first-order valence-corrected chi connectivity index (χ1v) is 9.89. The molecule has 0 heterocycles. The van der Waals surface area contributed by atoms with Gasteiger partial charge in [0.05, 0.1) is 63.1 Å². The zero-order valence-corrected chi connectivity index (χ0v) is 18.0. The van der Waals surface area contributed by atoms with Gasteiger partial charge in [-0.1, -0.05) is 0 Å². The first-order chi connectivity index (χ1) is 10.7. The van der Waals surface area contributed by atoms with Crippen LogP contribution < -0.4 is 29.4 Å². The molecule has 0 radical (unpaired) electrons. The summed E-state index contributed by atoms with van der Waals surface area (Å²) in [7, 11) is -14.5. The van der Waals surface area contributed by atoms with Gasteiger partial charge in [0.2, 0.25) is 0 Å². The summed E-state index contributed by atoms with van der Waals surface area (Å²) in [6.07, 6.45) is 0. The van der Waals surface area contributed by atoms with Crippen LogP contribution in [-0.2, 0) is 27.3 Å². The van der Waals surface area contributed by atoms with Crippen molar-refractivity contribution in [2.24, 2.45) is 0 Å². The van der Waals surface area contributed by atoms with Crippen LogP contribution in [0.3, 0.4) is 0 Å². The molecule has 0 atom stereocenters. The van der Waals surface area contributed by atoms with Gasteiger partial charge in [0.15, 0.2) is 0 Å². The average Bonchev–Trinajstić information content (AvgIpc) is 2.39. The van der Waals surface area contributed by atoms with Crippen LogP contribution in [0.25, 0.3) is 0 Å². The standard InChI is InChI=1S/3C2H7O5P.2Al/c3*3-1-2-7-8(4,5)6;;/h3*3H,1-2H2,(H2,4,5,6);;/q;;;2*+3/p-6. The van der Waals surface area contributed by atoms with Gasteiger partial charge < -0.3 is 71.9 Å². The molecule has 0 amide bonds. The smallest absolute Gasteiger partial charge is 0.790 e. The van der Waals surface area contributed by atoms with E-state index in [-0.39, 0.29) is 34.7 Å². The Labute approximate surface area is 169 Å². The van der Waals surface area contributed by atoms with Crippen molar-refractivity contribution in [3.8, 4) is 0 Å². The largest absolute Gasteiger partial charge is 3.00 e. The fraction of sp³-hybridized carbons (Fsp3) is 1.00. The molecule has 0 aliphatic heterocycles. The van der Waals surface area contributed by atoms with Crippen LogP contribution in [0.4, 0.5) is 0 Å². The number of hydrogen-bond acceptors (Lipinski definition) is 15. The third-order valence-electron chi connectivity index (χ3n) is 1.02. The van der Waals surface area contributed by atoms with E-state index >= 15 is 0 Å². The van der Waals surface area contributed by atoms with E-state index in [1.54, 1.807) is 0 Å². The molecule has 0 saturated heterocycles. The Morgan fingerprint density at radius 1 is 0.538 bits per heavy atom. The quantitative estimate of drug-likeness (QED) is 0.207. The summed E-state index contributed by atoms with van der Waals surface area (Å²) < 4.78 is 39.3. The maximum atomic E-state index is 9.53. The normalized spacial score (nSPS) is 11.0. The van der Waals surface area contributed by atoms with E-state index in [0.717, 1.165) is 0 Å². The third kappa shape index (κ3) is 56.2. The Morgan fingerprint density at radius 3 is 0.731 bits per heavy atom. The number of phosphoric acid groups is 3. The second-order valence-corrected chi connectivity index (χ2v) is 6.47. The topological polar surface area (TPSA) is 278 Å². The Bertz CT molecular complexity index is 356. The Balaban J connectivity index is -0.0000000817. The molecule has 0 aromatic heterocycles. The van der Waals surface area contributed by atoms with Crippen molar-refractivity contribution in [1.82, 2.24) is 0 Å². The molecule has 150 valence electrons. The van der Waals surface area contributed by atoms with Crippen LogP contribution in [0, 0.1) is 0 Å². The van der Waals surface area contributed by atoms with Gasteiger partial charge in [0.25, 0.3) is 0 Å². The number of aliphatic hydroxyl groups is 3. The van der Waals surface area contributed by atoms with Crippen LogP contribution in [-0.4, -0.2) is 89.7 Å². The molecule has 0 saturated carbocycles. The maximum absolute atomic E-state index is 9.53. The van der Waals surface area contributed by atoms with Crippen LogP contribution >= 0.6 is 23.5 Å². The second-order valence-electron chi connectivity index (χ2n) is 3.01. The summed E-state index contributed by atoms with van der Waals surface area (Å²) in [5, 5.41) is 23.7. The molecule has 0 rings (SSSR count). The van der Waals surface area contributed by atoms with Gasteiger partial charge in [0.1, 0.15) is 0 Å². The fourth-order valence-corrected chi connectivity index (χ4v) is 1.37. The first kappa shape index (κ1) is 38.0. The average molecular weight is 474 g/mol. The first-order valence-electron chi connectivity index (χ1n) is 5.51. The summed E-state index contributed by atoms with van der Waals surface area (Å²) in [6.45, 7) is -2.75. The van der Waals surface area contributed by atoms with Crippen LogP contribution in [0.1, 0.15) is 0 Å². The molecule has 20 heteroatoms. The van der Waals surface area contributed by atoms with Crippen molar-refractivity contribution in [3.63, 3.8) is 0 Å². The van der Waals surface area contributed by atoms with E-state index in [0.29, 0.717) is 0 Å². The Hall–Kier alpha value is 1.27. The van der Waals surface area contributed by atoms with Crippen molar-refractivity contribution in [1.29, 1.82) is 0 Å². The van der Waals surface area contributed by atoms with E-state index in [1.165, 1.54) is 0 Å². The van der Waals surface area contributed by atoms with E-state index in [9.17, 15) is 43.1 Å². The molecule has 0 aromatic rings. The van der Waals surface area contributed by atoms with Crippen molar-refractivity contribution in [2.45, 2.75) is 0 Å². The van der Waals surface area contributed by atoms with Gasteiger partial charge in [-0.25, -0.2) is 0 Å². The molecule has 3 N–H and O–H groups in total. The molecule has 15 nitrogen and oxygen atoms in total. The van der Waals surface area contributed by atoms with E-state index in [1.807, 2.05) is 0 Å². The molecule has 0 unspecified atom stereocenters. The molecule has 26 heavy (non-hydrogen) atoms. The predicted octanol–water partition coefficient (Wildman–Crippen LogP) is -7.29. The summed E-state index contributed by atoms with van der Waals surface area (Å²) in [4.78, 5) is 57.2. The summed E-state index contributed by atoms with van der Waals surface area (Å²) in [6, 6.07) is 0. The Kier molecular flexibility index (Phi) is 30.6. The molecule has 0 aromatic carbocycles.